The Bertz CT molecular complexity index is 653. The largest absolute Gasteiger partial charge is 0.477 e. The molecular formula is C13H15N3O2S2. The third-order valence-corrected chi connectivity index (χ3v) is 4.65. The predicted molar refractivity (Wildman–Crippen MR) is 78.8 cm³/mol. The number of carboxylic acid groups (broad SMARTS) is 1. The molecule has 0 aromatic carbocycles. The maximum absolute atomic E-state index is 11.0. The Hall–Kier alpha value is -1.47. The zero-order chi connectivity index (χ0) is 14.9. The summed E-state index contributed by atoms with van der Waals surface area (Å²) in [5.74, 6) is 0.106. The molecule has 0 fully saturated rings. The Labute approximate surface area is 125 Å². The number of thiazole rings is 1. The summed E-state index contributed by atoms with van der Waals surface area (Å²) >= 11 is 2.55. The van der Waals surface area contributed by atoms with Crippen LogP contribution >= 0.6 is 23.1 Å². The summed E-state index contributed by atoms with van der Waals surface area (Å²) in [5, 5.41) is 9.84. The summed E-state index contributed by atoms with van der Waals surface area (Å²) < 4.78 is 0.688. The van der Waals surface area contributed by atoms with Gasteiger partial charge in [0, 0.05) is 11.6 Å². The molecule has 0 spiro atoms. The van der Waals surface area contributed by atoms with Crippen molar-refractivity contribution in [1.82, 2.24) is 15.0 Å². The van der Waals surface area contributed by atoms with E-state index in [9.17, 15) is 4.79 Å². The summed E-state index contributed by atoms with van der Waals surface area (Å²) in [4.78, 5) is 24.4. The number of nitrogens with zero attached hydrogens (tertiary/aromatic N) is 3. The van der Waals surface area contributed by atoms with E-state index in [0.29, 0.717) is 10.0 Å². The van der Waals surface area contributed by atoms with E-state index in [4.69, 9.17) is 5.11 Å². The molecule has 1 N–H and O–H groups in total. The number of aryl methyl sites for hydroxylation is 2. The lowest BCUT2D eigenvalue weighted by Gasteiger charge is -2.06. The normalized spacial score (nSPS) is 11.1. The van der Waals surface area contributed by atoms with Crippen LogP contribution in [0.5, 0.6) is 0 Å². The van der Waals surface area contributed by atoms with Gasteiger partial charge in [-0.2, -0.15) is 0 Å². The number of aromatic nitrogens is 3. The molecule has 0 aliphatic heterocycles. The maximum Gasteiger partial charge on any atom is 0.347 e. The number of aromatic carboxylic acids is 1. The van der Waals surface area contributed by atoms with Crippen LogP contribution in [0.15, 0.2) is 15.4 Å². The molecule has 0 radical (unpaired) electrons. The van der Waals surface area contributed by atoms with Gasteiger partial charge < -0.3 is 5.11 Å². The Morgan fingerprint density at radius 3 is 2.55 bits per heavy atom. The van der Waals surface area contributed by atoms with Gasteiger partial charge in [0.15, 0.2) is 4.34 Å². The van der Waals surface area contributed by atoms with Crippen LogP contribution in [-0.4, -0.2) is 26.0 Å². The lowest BCUT2D eigenvalue weighted by atomic mass is 10.2. The van der Waals surface area contributed by atoms with Gasteiger partial charge in [-0.05, 0) is 31.7 Å². The van der Waals surface area contributed by atoms with E-state index in [1.165, 1.54) is 23.1 Å². The van der Waals surface area contributed by atoms with Crippen LogP contribution in [0.1, 0.15) is 46.6 Å². The number of carbonyl (C=O) groups is 1. The molecule has 0 aliphatic carbocycles. The van der Waals surface area contributed by atoms with Crippen molar-refractivity contribution in [3.63, 3.8) is 0 Å². The van der Waals surface area contributed by atoms with E-state index >= 15 is 0 Å². The van der Waals surface area contributed by atoms with Gasteiger partial charge in [0.2, 0.25) is 0 Å². The highest BCUT2D eigenvalue weighted by Gasteiger charge is 2.16. The molecule has 0 saturated heterocycles. The Morgan fingerprint density at radius 1 is 1.30 bits per heavy atom. The SMILES string of the molecule is Cc1cc(Sc2nc(C)c(C(=O)O)s2)nc(C(C)C)n1. The second-order valence-electron chi connectivity index (χ2n) is 4.66. The van der Waals surface area contributed by atoms with Crippen molar-refractivity contribution in [1.29, 1.82) is 0 Å². The van der Waals surface area contributed by atoms with Crippen LogP contribution in [0.2, 0.25) is 0 Å². The first-order valence-electron chi connectivity index (χ1n) is 6.11. The zero-order valence-electron chi connectivity index (χ0n) is 11.7. The van der Waals surface area contributed by atoms with E-state index in [2.05, 4.69) is 15.0 Å². The number of rotatable bonds is 4. The summed E-state index contributed by atoms with van der Waals surface area (Å²) in [5.41, 5.74) is 1.44. The molecule has 2 aromatic rings. The quantitative estimate of drug-likeness (QED) is 0.871. The van der Waals surface area contributed by atoms with Crippen LogP contribution in [0.3, 0.4) is 0 Å². The molecule has 0 amide bonds. The van der Waals surface area contributed by atoms with Crippen molar-refractivity contribution in [3.05, 3.63) is 28.2 Å². The van der Waals surface area contributed by atoms with Gasteiger partial charge >= 0.3 is 5.97 Å². The van der Waals surface area contributed by atoms with Crippen LogP contribution in [0.4, 0.5) is 0 Å². The maximum atomic E-state index is 11.0. The first kappa shape index (κ1) is 14.9. The van der Waals surface area contributed by atoms with E-state index < -0.39 is 5.97 Å². The fourth-order valence-corrected chi connectivity index (χ4v) is 3.62. The molecule has 5 nitrogen and oxygen atoms in total. The van der Waals surface area contributed by atoms with E-state index in [0.717, 1.165) is 16.5 Å². The van der Waals surface area contributed by atoms with Crippen molar-refractivity contribution in [2.75, 3.05) is 0 Å². The summed E-state index contributed by atoms with van der Waals surface area (Å²) in [6.07, 6.45) is 0. The first-order chi connectivity index (χ1) is 9.36. The molecule has 7 heteroatoms. The molecular weight excluding hydrogens is 294 g/mol. The minimum atomic E-state index is -0.936. The molecule has 2 heterocycles. The van der Waals surface area contributed by atoms with Gasteiger partial charge in [0.05, 0.1) is 5.69 Å². The van der Waals surface area contributed by atoms with Gasteiger partial charge in [-0.3, -0.25) is 0 Å². The molecule has 0 unspecified atom stereocenters. The minimum Gasteiger partial charge on any atom is -0.477 e. The first-order valence-corrected chi connectivity index (χ1v) is 7.74. The van der Waals surface area contributed by atoms with Crippen LogP contribution in [0.25, 0.3) is 0 Å². The highest BCUT2D eigenvalue weighted by atomic mass is 32.2. The molecule has 106 valence electrons. The van der Waals surface area contributed by atoms with Crippen molar-refractivity contribution >= 4 is 29.1 Å². The van der Waals surface area contributed by atoms with E-state index in [1.807, 2.05) is 26.8 Å². The van der Waals surface area contributed by atoms with Gasteiger partial charge in [0.1, 0.15) is 15.7 Å². The molecule has 0 saturated carbocycles. The van der Waals surface area contributed by atoms with E-state index in [-0.39, 0.29) is 10.8 Å². The predicted octanol–water partition coefficient (Wildman–Crippen LogP) is 3.52. The van der Waals surface area contributed by atoms with Gasteiger partial charge in [0.25, 0.3) is 0 Å². The smallest absolute Gasteiger partial charge is 0.347 e. The third-order valence-electron chi connectivity index (χ3n) is 2.53. The van der Waals surface area contributed by atoms with Gasteiger partial charge in [-0.25, -0.2) is 19.7 Å². The average molecular weight is 309 g/mol. The second-order valence-corrected chi connectivity index (χ2v) is 6.93. The summed E-state index contributed by atoms with van der Waals surface area (Å²) in [6, 6.07) is 1.88. The van der Waals surface area contributed by atoms with Crippen LogP contribution in [0, 0.1) is 13.8 Å². The monoisotopic (exact) mass is 309 g/mol. The van der Waals surface area contributed by atoms with Crippen molar-refractivity contribution in [2.24, 2.45) is 0 Å². The molecule has 2 rings (SSSR count). The lowest BCUT2D eigenvalue weighted by molar-refractivity contribution is 0.0701. The second kappa shape index (κ2) is 5.88. The van der Waals surface area contributed by atoms with Crippen LogP contribution < -0.4 is 0 Å². The molecule has 2 aromatic heterocycles. The molecule has 0 atom stereocenters. The number of hydrogen-bond acceptors (Lipinski definition) is 6. The van der Waals surface area contributed by atoms with E-state index in [1.54, 1.807) is 6.92 Å². The van der Waals surface area contributed by atoms with Crippen LogP contribution in [-0.2, 0) is 0 Å². The topological polar surface area (TPSA) is 76.0 Å². The Kier molecular flexibility index (Phi) is 4.39. The lowest BCUT2D eigenvalue weighted by Crippen LogP contribution is -2.00. The Balaban J connectivity index is 2.30. The highest BCUT2D eigenvalue weighted by Crippen LogP contribution is 2.32. The number of hydrogen-bond donors (Lipinski definition) is 1. The van der Waals surface area contributed by atoms with Crippen molar-refractivity contribution in [2.45, 2.75) is 43.0 Å². The molecule has 20 heavy (non-hydrogen) atoms. The van der Waals surface area contributed by atoms with Crippen molar-refractivity contribution < 1.29 is 9.90 Å². The fraction of sp³-hybridized carbons (Fsp3) is 0.385. The molecule has 0 bridgehead atoms. The van der Waals surface area contributed by atoms with Gasteiger partial charge in [-0.1, -0.05) is 25.2 Å². The fourth-order valence-electron chi connectivity index (χ4n) is 1.58. The van der Waals surface area contributed by atoms with Gasteiger partial charge in [-0.15, -0.1) is 0 Å². The average Bonchev–Trinajstić information content (AvgIpc) is 2.69. The zero-order valence-corrected chi connectivity index (χ0v) is 13.3. The Morgan fingerprint density at radius 2 is 2.00 bits per heavy atom. The summed E-state index contributed by atoms with van der Waals surface area (Å²) in [7, 11) is 0. The van der Waals surface area contributed by atoms with Crippen molar-refractivity contribution in [3.8, 4) is 0 Å². The highest BCUT2D eigenvalue weighted by molar-refractivity contribution is 8.01. The standard InChI is InChI=1S/C13H15N3O2S2/c1-6(2)11-14-7(3)5-9(16-11)19-13-15-8(4)10(20-13)12(17)18/h5-6H,1-4H3,(H,17,18). The minimum absolute atomic E-state index is 0.252. The molecule has 0 aliphatic rings. The summed E-state index contributed by atoms with van der Waals surface area (Å²) in [6.45, 7) is 7.71. The number of carboxylic acids is 1. The third kappa shape index (κ3) is 3.34.